The highest BCUT2D eigenvalue weighted by molar-refractivity contribution is 7.51. The molecule has 168 valence electrons. The van der Waals surface area contributed by atoms with Crippen LogP contribution >= 0.6 is 8.58 Å². The van der Waals surface area contributed by atoms with Crippen LogP contribution in [0.4, 0.5) is 0 Å². The Morgan fingerprint density at radius 1 is 1.16 bits per heavy atom. The first-order valence-electron chi connectivity index (χ1n) is 11.8. The fraction of sp³-hybridized carbons (Fsp3) is 0.480. The number of amides is 1. The Kier molecular flexibility index (Phi) is 5.77. The van der Waals surface area contributed by atoms with Crippen LogP contribution < -0.4 is 0 Å². The maximum atomic E-state index is 13.2. The van der Waals surface area contributed by atoms with Crippen LogP contribution in [-0.2, 0) is 11.2 Å². The van der Waals surface area contributed by atoms with E-state index < -0.39 is 0 Å². The number of aromatic nitrogens is 3. The van der Waals surface area contributed by atoms with Gasteiger partial charge in [-0.2, -0.15) is 5.10 Å². The summed E-state index contributed by atoms with van der Waals surface area (Å²) in [6.07, 6.45) is 11.5. The van der Waals surface area contributed by atoms with Crippen molar-refractivity contribution < 1.29 is 4.79 Å². The first kappa shape index (κ1) is 21.5. The number of rotatable bonds is 4. The van der Waals surface area contributed by atoms with E-state index in [9.17, 15) is 4.79 Å². The second-order valence-electron chi connectivity index (χ2n) is 9.12. The predicted octanol–water partition coefficient (Wildman–Crippen LogP) is 4.36. The van der Waals surface area contributed by atoms with Gasteiger partial charge in [-0.15, -0.1) is 0 Å². The third-order valence-corrected chi connectivity index (χ3v) is 8.69. The molecule has 0 N–H and O–H groups in total. The summed E-state index contributed by atoms with van der Waals surface area (Å²) < 4.78 is 1.92. The molecule has 2 atom stereocenters. The van der Waals surface area contributed by atoms with Gasteiger partial charge in [0.15, 0.2) is 0 Å². The lowest BCUT2D eigenvalue weighted by atomic mass is 9.87. The van der Waals surface area contributed by atoms with Gasteiger partial charge < -0.3 is 9.80 Å². The largest absolute Gasteiger partial charge is 0.304 e. The quantitative estimate of drug-likeness (QED) is 0.651. The first-order valence-corrected chi connectivity index (χ1v) is 12.8. The molecule has 1 fully saturated rings. The van der Waals surface area contributed by atoms with Crippen LogP contribution in [0.1, 0.15) is 50.7 Å². The molecule has 2 aromatic rings. The number of allylic oxidation sites excluding steroid dienone is 2. The van der Waals surface area contributed by atoms with Crippen LogP contribution in [0.5, 0.6) is 0 Å². The summed E-state index contributed by atoms with van der Waals surface area (Å²) in [7, 11) is 0.489. The van der Waals surface area contributed by atoms with E-state index in [1.807, 2.05) is 22.5 Å². The Balaban J connectivity index is 1.43. The lowest BCUT2D eigenvalue weighted by Crippen LogP contribution is -2.39. The molecule has 0 radical (unpaired) electrons. The van der Waals surface area contributed by atoms with Crippen LogP contribution in [0, 0.1) is 12.8 Å². The van der Waals surface area contributed by atoms with Gasteiger partial charge in [0.25, 0.3) is 5.91 Å². The summed E-state index contributed by atoms with van der Waals surface area (Å²) in [6, 6.07) is 2.09. The number of aryl methyl sites for hydroxylation is 2. The molecule has 7 heteroatoms. The zero-order chi connectivity index (χ0) is 22.4. The molecule has 0 saturated carbocycles. The molecule has 2 aromatic heterocycles. The average molecular weight is 450 g/mol. The molecule has 1 amide bonds. The van der Waals surface area contributed by atoms with E-state index in [0.717, 1.165) is 54.0 Å². The van der Waals surface area contributed by atoms with Gasteiger partial charge in [0.1, 0.15) is 0 Å². The summed E-state index contributed by atoms with van der Waals surface area (Å²) in [4.78, 5) is 22.3. The first-order chi connectivity index (χ1) is 15.5. The van der Waals surface area contributed by atoms with Crippen LogP contribution in [0.3, 0.4) is 0 Å². The van der Waals surface area contributed by atoms with Crippen LogP contribution in [-0.4, -0.2) is 55.7 Å². The molecular formula is C25H32N5OP. The third kappa shape index (κ3) is 3.84. The molecule has 5 heterocycles. The molecule has 3 aliphatic heterocycles. The minimum Gasteiger partial charge on any atom is -0.304 e. The van der Waals surface area contributed by atoms with Crippen molar-refractivity contribution in [1.82, 2.24) is 24.4 Å². The number of hydrogen-bond donors (Lipinski definition) is 0. The highest BCUT2D eigenvalue weighted by atomic mass is 31.1. The zero-order valence-corrected chi connectivity index (χ0v) is 20.4. The van der Waals surface area contributed by atoms with Gasteiger partial charge in [-0.25, -0.2) is 4.52 Å². The minimum absolute atomic E-state index is 0.0711. The van der Waals surface area contributed by atoms with Crippen molar-refractivity contribution in [3.63, 3.8) is 0 Å². The Labute approximate surface area is 191 Å². The van der Waals surface area contributed by atoms with E-state index in [-0.39, 0.29) is 11.7 Å². The standard InChI is InChI=1S/C25H32N5OP/c1-5-20-22-12-21(27-30(22)14-17(4)26-20)23-13-24(31)29-15-19(11-16(3)25(29)32-23)18-7-9-28(6-2)10-8-18/h11-15,18,25,32H,5-10H2,1-4H3. The van der Waals surface area contributed by atoms with Crippen molar-refractivity contribution in [2.75, 3.05) is 19.6 Å². The highest BCUT2D eigenvalue weighted by Crippen LogP contribution is 2.47. The Morgan fingerprint density at radius 3 is 2.66 bits per heavy atom. The van der Waals surface area contributed by atoms with Crippen molar-refractivity contribution >= 4 is 25.3 Å². The van der Waals surface area contributed by atoms with Gasteiger partial charge in [-0.1, -0.05) is 28.5 Å². The summed E-state index contributed by atoms with van der Waals surface area (Å²) >= 11 is 0. The molecule has 2 unspecified atom stereocenters. The van der Waals surface area contributed by atoms with Gasteiger partial charge in [0.05, 0.1) is 34.6 Å². The van der Waals surface area contributed by atoms with Gasteiger partial charge in [-0.3, -0.25) is 9.78 Å². The number of fused-ring (bicyclic) bond motifs is 2. The summed E-state index contributed by atoms with van der Waals surface area (Å²) in [5, 5.41) is 5.85. The van der Waals surface area contributed by atoms with E-state index in [4.69, 9.17) is 5.10 Å². The molecule has 32 heavy (non-hydrogen) atoms. The lowest BCUT2D eigenvalue weighted by molar-refractivity contribution is -0.123. The fourth-order valence-corrected chi connectivity index (χ4v) is 6.55. The Bertz CT molecular complexity index is 1150. The van der Waals surface area contributed by atoms with Crippen molar-refractivity contribution in [2.45, 2.75) is 52.7 Å². The van der Waals surface area contributed by atoms with Gasteiger partial charge in [-0.05, 0) is 75.9 Å². The minimum atomic E-state index is 0.0711. The number of carbonyl (C=O) groups excluding carboxylic acids is 1. The second-order valence-corrected chi connectivity index (χ2v) is 10.5. The van der Waals surface area contributed by atoms with Crippen LogP contribution in [0.25, 0.3) is 10.8 Å². The van der Waals surface area contributed by atoms with Gasteiger partial charge in [0.2, 0.25) is 0 Å². The Morgan fingerprint density at radius 2 is 1.94 bits per heavy atom. The number of carbonyl (C=O) groups is 1. The van der Waals surface area contributed by atoms with Crippen LogP contribution in [0.2, 0.25) is 0 Å². The molecule has 0 bridgehead atoms. The second kappa shape index (κ2) is 8.57. The summed E-state index contributed by atoms with van der Waals surface area (Å²) in [5.74, 6) is 0.732. The van der Waals surface area contributed by atoms with E-state index in [0.29, 0.717) is 14.5 Å². The normalized spacial score (nSPS) is 23.4. The van der Waals surface area contributed by atoms with E-state index in [1.165, 1.54) is 24.0 Å². The predicted molar refractivity (Wildman–Crippen MR) is 131 cm³/mol. The SMILES string of the molecule is CCc1nc(C)cn2nc(C3=CC(=O)N4C=C(C5CCN(CC)CC5)C=C(C)C4P3)cc12. The maximum absolute atomic E-state index is 13.2. The molecule has 0 spiro atoms. The topological polar surface area (TPSA) is 53.7 Å². The number of nitrogens with zero attached hydrogens (tertiary/aromatic N) is 5. The lowest BCUT2D eigenvalue weighted by Gasteiger charge is -2.39. The molecule has 1 saturated heterocycles. The third-order valence-electron chi connectivity index (χ3n) is 6.98. The number of hydrogen-bond acceptors (Lipinski definition) is 4. The average Bonchev–Trinajstić information content (AvgIpc) is 3.23. The Hall–Kier alpha value is -2.30. The number of likely N-dealkylation sites (tertiary alicyclic amines) is 1. The molecule has 0 aliphatic carbocycles. The van der Waals surface area contributed by atoms with E-state index in [1.54, 1.807) is 6.08 Å². The van der Waals surface area contributed by atoms with Crippen LogP contribution in [0.15, 0.2) is 41.8 Å². The molecule has 3 aliphatic rings. The van der Waals surface area contributed by atoms with Gasteiger partial charge >= 0.3 is 0 Å². The summed E-state index contributed by atoms with van der Waals surface area (Å²) in [6.45, 7) is 11.9. The maximum Gasteiger partial charge on any atom is 0.252 e. The smallest absolute Gasteiger partial charge is 0.252 e. The molecule has 5 rings (SSSR count). The van der Waals surface area contributed by atoms with Crippen molar-refractivity contribution in [3.8, 4) is 0 Å². The molecule has 0 aromatic carbocycles. The van der Waals surface area contributed by atoms with E-state index >= 15 is 0 Å². The van der Waals surface area contributed by atoms with E-state index in [2.05, 4.69) is 49.0 Å². The molecular weight excluding hydrogens is 417 g/mol. The highest BCUT2D eigenvalue weighted by Gasteiger charge is 2.34. The monoisotopic (exact) mass is 449 g/mol. The zero-order valence-electron chi connectivity index (χ0n) is 19.4. The van der Waals surface area contributed by atoms with Crippen molar-refractivity contribution in [1.29, 1.82) is 0 Å². The summed E-state index contributed by atoms with van der Waals surface area (Å²) in [5.41, 5.74) is 6.55. The molecule has 6 nitrogen and oxygen atoms in total. The van der Waals surface area contributed by atoms with Gasteiger partial charge in [0, 0.05) is 17.6 Å². The van der Waals surface area contributed by atoms with Crippen molar-refractivity contribution in [3.05, 3.63) is 58.8 Å². The van der Waals surface area contributed by atoms with Crippen molar-refractivity contribution in [2.24, 2.45) is 5.92 Å². The fourth-order valence-electron chi connectivity index (χ4n) is 5.12. The number of piperidine rings is 1.